The van der Waals surface area contributed by atoms with Crippen molar-refractivity contribution in [3.63, 3.8) is 0 Å². The minimum Gasteiger partial charge on any atom is -0.399 e. The normalized spacial score (nSPS) is 10.6. The lowest BCUT2D eigenvalue weighted by molar-refractivity contribution is 0.542. The van der Waals surface area contributed by atoms with Gasteiger partial charge in [0.05, 0.1) is 4.90 Å². The van der Waals surface area contributed by atoms with Crippen LogP contribution >= 0.6 is 11.8 Å². The largest absolute Gasteiger partial charge is 0.399 e. The second kappa shape index (κ2) is 5.35. The predicted molar refractivity (Wildman–Crippen MR) is 66.7 cm³/mol. The molecule has 94 valence electrons. The maximum absolute atomic E-state index is 13.5. The topological polar surface area (TPSA) is 26.0 Å². The Morgan fingerprint density at radius 2 is 1.67 bits per heavy atom. The van der Waals surface area contributed by atoms with E-state index in [1.54, 1.807) is 12.1 Å². The standard InChI is InChI=1S/C13H10F3NS/c14-9-3-1-2-8(4-9)7-18-13-11(15)5-10(17)6-12(13)16/h1-6H,7,17H2. The van der Waals surface area contributed by atoms with Crippen molar-refractivity contribution in [2.24, 2.45) is 0 Å². The molecule has 0 saturated heterocycles. The summed E-state index contributed by atoms with van der Waals surface area (Å²) in [6.07, 6.45) is 0. The Morgan fingerprint density at radius 3 is 2.28 bits per heavy atom. The van der Waals surface area contributed by atoms with E-state index in [0.717, 1.165) is 23.9 Å². The Balaban J connectivity index is 2.16. The highest BCUT2D eigenvalue weighted by Crippen LogP contribution is 2.29. The zero-order valence-corrected chi connectivity index (χ0v) is 10.1. The molecule has 0 atom stereocenters. The lowest BCUT2D eigenvalue weighted by Crippen LogP contribution is -1.93. The molecule has 2 aromatic rings. The van der Waals surface area contributed by atoms with E-state index in [4.69, 9.17) is 5.73 Å². The van der Waals surface area contributed by atoms with E-state index >= 15 is 0 Å². The molecule has 0 aliphatic rings. The first-order valence-corrected chi connectivity index (χ1v) is 6.16. The van der Waals surface area contributed by atoms with Gasteiger partial charge in [0.1, 0.15) is 17.5 Å². The Kier molecular flexibility index (Phi) is 3.81. The van der Waals surface area contributed by atoms with E-state index in [9.17, 15) is 13.2 Å². The Morgan fingerprint density at radius 1 is 1.00 bits per heavy atom. The van der Waals surface area contributed by atoms with E-state index < -0.39 is 11.6 Å². The molecule has 0 fully saturated rings. The van der Waals surface area contributed by atoms with Crippen LogP contribution in [-0.2, 0) is 5.75 Å². The van der Waals surface area contributed by atoms with Gasteiger partial charge in [-0.05, 0) is 29.8 Å². The zero-order chi connectivity index (χ0) is 13.1. The molecule has 0 bridgehead atoms. The van der Waals surface area contributed by atoms with E-state index in [1.165, 1.54) is 12.1 Å². The van der Waals surface area contributed by atoms with Crippen LogP contribution in [0.1, 0.15) is 5.56 Å². The zero-order valence-electron chi connectivity index (χ0n) is 9.29. The van der Waals surface area contributed by atoms with Crippen LogP contribution in [0.4, 0.5) is 18.9 Å². The molecular weight excluding hydrogens is 259 g/mol. The van der Waals surface area contributed by atoms with Gasteiger partial charge in [-0.3, -0.25) is 0 Å². The fourth-order valence-corrected chi connectivity index (χ4v) is 2.38. The third kappa shape index (κ3) is 2.98. The maximum Gasteiger partial charge on any atom is 0.141 e. The number of hydrogen-bond acceptors (Lipinski definition) is 2. The molecule has 2 N–H and O–H groups in total. The first-order valence-electron chi connectivity index (χ1n) is 5.18. The van der Waals surface area contributed by atoms with Gasteiger partial charge in [0, 0.05) is 11.4 Å². The van der Waals surface area contributed by atoms with Crippen molar-refractivity contribution >= 4 is 17.4 Å². The average molecular weight is 269 g/mol. The number of hydrogen-bond donors (Lipinski definition) is 1. The van der Waals surface area contributed by atoms with E-state index in [1.807, 2.05) is 0 Å². The highest BCUT2D eigenvalue weighted by Gasteiger charge is 2.11. The van der Waals surface area contributed by atoms with Gasteiger partial charge in [-0.15, -0.1) is 11.8 Å². The highest BCUT2D eigenvalue weighted by atomic mass is 32.2. The van der Waals surface area contributed by atoms with Crippen LogP contribution < -0.4 is 5.73 Å². The van der Waals surface area contributed by atoms with Gasteiger partial charge in [-0.25, -0.2) is 13.2 Å². The van der Waals surface area contributed by atoms with Gasteiger partial charge in [0.2, 0.25) is 0 Å². The average Bonchev–Trinajstić information content (AvgIpc) is 2.27. The second-order valence-corrected chi connectivity index (χ2v) is 4.72. The van der Waals surface area contributed by atoms with Crippen LogP contribution in [0.25, 0.3) is 0 Å². The number of nitrogens with two attached hydrogens (primary N) is 1. The van der Waals surface area contributed by atoms with Crippen molar-refractivity contribution in [3.8, 4) is 0 Å². The van der Waals surface area contributed by atoms with Crippen molar-refractivity contribution in [1.82, 2.24) is 0 Å². The molecule has 0 amide bonds. The van der Waals surface area contributed by atoms with Crippen molar-refractivity contribution in [1.29, 1.82) is 0 Å². The van der Waals surface area contributed by atoms with E-state index in [2.05, 4.69) is 0 Å². The van der Waals surface area contributed by atoms with Crippen LogP contribution in [0.3, 0.4) is 0 Å². The van der Waals surface area contributed by atoms with Crippen LogP contribution in [0.2, 0.25) is 0 Å². The summed E-state index contributed by atoms with van der Waals surface area (Å²) in [5.41, 5.74) is 6.02. The fraction of sp³-hybridized carbons (Fsp3) is 0.0769. The third-order valence-corrected chi connectivity index (χ3v) is 3.45. The first kappa shape index (κ1) is 12.8. The van der Waals surface area contributed by atoms with Gasteiger partial charge in [-0.2, -0.15) is 0 Å². The molecule has 0 heterocycles. The highest BCUT2D eigenvalue weighted by molar-refractivity contribution is 7.98. The van der Waals surface area contributed by atoms with Gasteiger partial charge in [-0.1, -0.05) is 12.1 Å². The predicted octanol–water partition coefficient (Wildman–Crippen LogP) is 3.98. The molecular formula is C13H10F3NS. The van der Waals surface area contributed by atoms with Crippen LogP contribution in [0.5, 0.6) is 0 Å². The Labute approximate surface area is 107 Å². The summed E-state index contributed by atoms with van der Waals surface area (Å²) >= 11 is 0.972. The van der Waals surface area contributed by atoms with Crippen molar-refractivity contribution in [2.45, 2.75) is 10.6 Å². The molecule has 0 aliphatic heterocycles. The molecule has 1 nitrogen and oxygen atoms in total. The van der Waals surface area contributed by atoms with Gasteiger partial charge in [0.25, 0.3) is 0 Å². The minimum absolute atomic E-state index is 0.0418. The van der Waals surface area contributed by atoms with Crippen LogP contribution in [0, 0.1) is 17.5 Å². The van der Waals surface area contributed by atoms with Crippen LogP contribution in [-0.4, -0.2) is 0 Å². The van der Waals surface area contributed by atoms with Gasteiger partial charge in [0.15, 0.2) is 0 Å². The second-order valence-electron chi connectivity index (χ2n) is 3.73. The molecule has 0 radical (unpaired) electrons. The molecule has 18 heavy (non-hydrogen) atoms. The molecule has 0 saturated carbocycles. The molecule has 2 aromatic carbocycles. The number of rotatable bonds is 3. The number of benzene rings is 2. The Hall–Kier alpha value is -1.62. The number of halogens is 3. The van der Waals surface area contributed by atoms with Crippen molar-refractivity contribution < 1.29 is 13.2 Å². The number of thioether (sulfide) groups is 1. The Bertz CT molecular complexity index is 549. The summed E-state index contributed by atoms with van der Waals surface area (Å²) in [5, 5.41) is 0. The van der Waals surface area contributed by atoms with Gasteiger partial charge < -0.3 is 5.73 Å². The third-order valence-electron chi connectivity index (χ3n) is 2.29. The quantitative estimate of drug-likeness (QED) is 0.673. The molecule has 5 heteroatoms. The molecule has 0 aliphatic carbocycles. The van der Waals surface area contributed by atoms with Crippen molar-refractivity contribution in [3.05, 3.63) is 59.4 Å². The molecule has 0 spiro atoms. The maximum atomic E-state index is 13.5. The number of nitrogen functional groups attached to an aromatic ring is 1. The summed E-state index contributed by atoms with van der Waals surface area (Å²) in [7, 11) is 0. The molecule has 0 unspecified atom stereocenters. The first-order chi connectivity index (χ1) is 8.56. The summed E-state index contributed by atoms with van der Waals surface area (Å²) in [5.74, 6) is -1.48. The lowest BCUT2D eigenvalue weighted by Gasteiger charge is -2.06. The lowest BCUT2D eigenvalue weighted by atomic mass is 10.2. The summed E-state index contributed by atoms with van der Waals surface area (Å²) in [4.78, 5) is -0.103. The molecule has 0 aromatic heterocycles. The summed E-state index contributed by atoms with van der Waals surface area (Å²) < 4.78 is 39.9. The fourth-order valence-electron chi connectivity index (χ4n) is 1.50. The monoisotopic (exact) mass is 269 g/mol. The number of anilines is 1. The van der Waals surface area contributed by atoms with Crippen molar-refractivity contribution in [2.75, 3.05) is 5.73 Å². The SMILES string of the molecule is Nc1cc(F)c(SCc2cccc(F)c2)c(F)c1. The van der Waals surface area contributed by atoms with E-state index in [0.29, 0.717) is 5.56 Å². The summed E-state index contributed by atoms with van der Waals surface area (Å²) in [6.45, 7) is 0. The van der Waals surface area contributed by atoms with Crippen LogP contribution in [0.15, 0.2) is 41.3 Å². The molecule has 2 rings (SSSR count). The smallest absolute Gasteiger partial charge is 0.141 e. The summed E-state index contributed by atoms with van der Waals surface area (Å²) in [6, 6.07) is 8.04. The minimum atomic E-state index is -0.700. The van der Waals surface area contributed by atoms with Gasteiger partial charge >= 0.3 is 0 Å². The van der Waals surface area contributed by atoms with E-state index in [-0.39, 0.29) is 22.2 Å².